The Hall–Kier alpha value is -3.68. The standard InChI is InChI=1S/C22H23N3O5/c1-13-22(29)25(3)18-12-15(4-10-20(18)30-13)19(27)9-11-21(28)24-17-7-5-16(6-8-17)23-14(2)26/h4-8,10,12-13H,9,11H2,1-3H3,(H,23,26)(H,24,28). The third-order valence-electron chi connectivity index (χ3n) is 4.69. The van der Waals surface area contributed by atoms with Crippen molar-refractivity contribution in [3.63, 3.8) is 0 Å². The third kappa shape index (κ3) is 4.83. The third-order valence-corrected chi connectivity index (χ3v) is 4.69. The number of ketones is 1. The van der Waals surface area contributed by atoms with Crippen LogP contribution in [0.4, 0.5) is 17.1 Å². The Labute approximate surface area is 174 Å². The predicted octanol–water partition coefficient (Wildman–Crippen LogP) is 2.99. The lowest BCUT2D eigenvalue weighted by Crippen LogP contribution is -2.42. The second-order valence-electron chi connectivity index (χ2n) is 7.07. The summed E-state index contributed by atoms with van der Waals surface area (Å²) in [5, 5.41) is 5.36. The molecule has 1 aliphatic heterocycles. The van der Waals surface area contributed by atoms with Gasteiger partial charge in [0.1, 0.15) is 5.75 Å². The van der Waals surface area contributed by atoms with E-state index in [0.717, 1.165) is 0 Å². The Bertz CT molecular complexity index is 1000. The molecule has 1 aliphatic rings. The first-order valence-electron chi connectivity index (χ1n) is 9.53. The van der Waals surface area contributed by atoms with Crippen LogP contribution in [0.3, 0.4) is 0 Å². The molecule has 30 heavy (non-hydrogen) atoms. The van der Waals surface area contributed by atoms with E-state index in [9.17, 15) is 19.2 Å². The summed E-state index contributed by atoms with van der Waals surface area (Å²) in [6, 6.07) is 11.6. The van der Waals surface area contributed by atoms with Crippen molar-refractivity contribution in [3.05, 3.63) is 48.0 Å². The Balaban J connectivity index is 1.57. The molecule has 1 atom stereocenters. The molecule has 1 unspecified atom stereocenters. The van der Waals surface area contributed by atoms with Crippen LogP contribution in [-0.4, -0.2) is 36.7 Å². The maximum Gasteiger partial charge on any atom is 0.267 e. The van der Waals surface area contributed by atoms with Gasteiger partial charge in [-0.25, -0.2) is 0 Å². The van der Waals surface area contributed by atoms with E-state index in [0.29, 0.717) is 28.4 Å². The van der Waals surface area contributed by atoms with Gasteiger partial charge in [0.15, 0.2) is 11.9 Å². The first-order chi connectivity index (χ1) is 14.2. The van der Waals surface area contributed by atoms with Gasteiger partial charge in [0.25, 0.3) is 5.91 Å². The van der Waals surface area contributed by atoms with Crippen molar-refractivity contribution < 1.29 is 23.9 Å². The highest BCUT2D eigenvalue weighted by Gasteiger charge is 2.29. The highest BCUT2D eigenvalue weighted by molar-refractivity contribution is 6.04. The summed E-state index contributed by atoms with van der Waals surface area (Å²) in [5.41, 5.74) is 2.15. The molecule has 0 saturated heterocycles. The molecule has 0 fully saturated rings. The normalized spacial score (nSPS) is 15.1. The van der Waals surface area contributed by atoms with Crippen LogP contribution in [0, 0.1) is 0 Å². The molecule has 0 saturated carbocycles. The first-order valence-corrected chi connectivity index (χ1v) is 9.53. The van der Waals surface area contributed by atoms with Crippen LogP contribution in [0.15, 0.2) is 42.5 Å². The summed E-state index contributed by atoms with van der Waals surface area (Å²) in [4.78, 5) is 49.3. The average Bonchev–Trinajstić information content (AvgIpc) is 2.71. The Kier molecular flexibility index (Phi) is 6.15. The van der Waals surface area contributed by atoms with Gasteiger partial charge >= 0.3 is 0 Å². The van der Waals surface area contributed by atoms with E-state index >= 15 is 0 Å². The molecular weight excluding hydrogens is 386 g/mol. The Morgan fingerprint density at radius 2 is 1.63 bits per heavy atom. The number of carbonyl (C=O) groups is 4. The highest BCUT2D eigenvalue weighted by Crippen LogP contribution is 2.34. The molecule has 2 aromatic carbocycles. The van der Waals surface area contributed by atoms with Crippen molar-refractivity contribution in [2.24, 2.45) is 0 Å². The van der Waals surface area contributed by atoms with Crippen molar-refractivity contribution in [1.82, 2.24) is 0 Å². The van der Waals surface area contributed by atoms with Crippen LogP contribution < -0.4 is 20.3 Å². The number of carbonyl (C=O) groups excluding carboxylic acids is 4. The van der Waals surface area contributed by atoms with Gasteiger partial charge in [-0.3, -0.25) is 19.2 Å². The van der Waals surface area contributed by atoms with E-state index in [-0.39, 0.29) is 36.3 Å². The van der Waals surface area contributed by atoms with Crippen LogP contribution in [0.1, 0.15) is 37.0 Å². The number of nitrogens with zero attached hydrogens (tertiary/aromatic N) is 1. The number of ether oxygens (including phenoxy) is 1. The van der Waals surface area contributed by atoms with Crippen LogP contribution in [0.25, 0.3) is 0 Å². The maximum atomic E-state index is 12.5. The molecule has 0 spiro atoms. The van der Waals surface area contributed by atoms with Gasteiger partial charge in [-0.05, 0) is 49.4 Å². The van der Waals surface area contributed by atoms with E-state index in [1.165, 1.54) is 11.8 Å². The summed E-state index contributed by atoms with van der Waals surface area (Å²) in [7, 11) is 1.64. The molecular formula is C22H23N3O5. The van der Waals surface area contributed by atoms with Crippen molar-refractivity contribution in [3.8, 4) is 5.75 Å². The highest BCUT2D eigenvalue weighted by atomic mass is 16.5. The number of anilines is 3. The molecule has 0 aromatic heterocycles. The molecule has 3 amide bonds. The Morgan fingerprint density at radius 3 is 2.27 bits per heavy atom. The van der Waals surface area contributed by atoms with Gasteiger partial charge in [0, 0.05) is 43.8 Å². The van der Waals surface area contributed by atoms with Gasteiger partial charge in [-0.1, -0.05) is 0 Å². The number of amides is 3. The van der Waals surface area contributed by atoms with E-state index in [4.69, 9.17) is 4.74 Å². The Morgan fingerprint density at radius 1 is 1.00 bits per heavy atom. The number of nitrogens with one attached hydrogen (secondary N) is 2. The van der Waals surface area contributed by atoms with Crippen LogP contribution in [-0.2, 0) is 14.4 Å². The largest absolute Gasteiger partial charge is 0.479 e. The molecule has 2 N–H and O–H groups in total. The minimum atomic E-state index is -0.569. The van der Waals surface area contributed by atoms with Crippen molar-refractivity contribution in [2.75, 3.05) is 22.6 Å². The molecule has 0 bridgehead atoms. The lowest BCUT2D eigenvalue weighted by Gasteiger charge is -2.30. The fraction of sp³-hybridized carbons (Fsp3) is 0.273. The first kappa shape index (κ1) is 21.0. The minimum Gasteiger partial charge on any atom is -0.479 e. The van der Waals surface area contributed by atoms with Crippen LogP contribution in [0.5, 0.6) is 5.75 Å². The van der Waals surface area contributed by atoms with E-state index in [1.807, 2.05) is 0 Å². The summed E-state index contributed by atoms with van der Waals surface area (Å²) in [6.45, 7) is 3.09. The summed E-state index contributed by atoms with van der Waals surface area (Å²) in [6.07, 6.45) is -0.519. The number of hydrogen-bond acceptors (Lipinski definition) is 5. The lowest BCUT2D eigenvalue weighted by atomic mass is 10.0. The number of rotatable bonds is 6. The molecule has 8 nitrogen and oxygen atoms in total. The molecule has 3 rings (SSSR count). The molecule has 8 heteroatoms. The number of benzene rings is 2. The number of Topliss-reactive ketones (excluding diaryl/α,β-unsaturated/α-hetero) is 1. The SMILES string of the molecule is CC(=O)Nc1ccc(NC(=O)CCC(=O)c2ccc3c(c2)N(C)C(=O)C(C)O3)cc1. The molecule has 1 heterocycles. The molecule has 0 radical (unpaired) electrons. The summed E-state index contributed by atoms with van der Waals surface area (Å²) >= 11 is 0. The lowest BCUT2D eigenvalue weighted by molar-refractivity contribution is -0.125. The molecule has 156 valence electrons. The predicted molar refractivity (Wildman–Crippen MR) is 113 cm³/mol. The zero-order valence-electron chi connectivity index (χ0n) is 17.0. The average molecular weight is 409 g/mol. The smallest absolute Gasteiger partial charge is 0.267 e. The topological polar surface area (TPSA) is 105 Å². The van der Waals surface area contributed by atoms with Gasteiger partial charge in [-0.2, -0.15) is 0 Å². The summed E-state index contributed by atoms with van der Waals surface area (Å²) < 4.78 is 5.55. The van der Waals surface area contributed by atoms with Gasteiger partial charge in [-0.15, -0.1) is 0 Å². The number of hydrogen-bond donors (Lipinski definition) is 2. The van der Waals surface area contributed by atoms with Crippen LogP contribution in [0.2, 0.25) is 0 Å². The van der Waals surface area contributed by atoms with Gasteiger partial charge in [0.05, 0.1) is 5.69 Å². The van der Waals surface area contributed by atoms with Gasteiger partial charge < -0.3 is 20.3 Å². The maximum absolute atomic E-state index is 12.5. The van der Waals surface area contributed by atoms with Crippen LogP contribution >= 0.6 is 0 Å². The molecule has 2 aromatic rings. The minimum absolute atomic E-state index is 0.0195. The van der Waals surface area contributed by atoms with Gasteiger partial charge in [0.2, 0.25) is 11.8 Å². The monoisotopic (exact) mass is 409 g/mol. The van der Waals surface area contributed by atoms with E-state index < -0.39 is 6.10 Å². The van der Waals surface area contributed by atoms with Crippen molar-refractivity contribution in [1.29, 1.82) is 0 Å². The van der Waals surface area contributed by atoms with E-state index in [2.05, 4.69) is 10.6 Å². The van der Waals surface area contributed by atoms with E-state index in [1.54, 1.807) is 56.4 Å². The quantitative estimate of drug-likeness (QED) is 0.714. The van der Waals surface area contributed by atoms with Crippen molar-refractivity contribution in [2.45, 2.75) is 32.8 Å². The number of likely N-dealkylation sites (N-methyl/N-ethyl adjacent to an activating group) is 1. The fourth-order valence-electron chi connectivity index (χ4n) is 3.12. The van der Waals surface area contributed by atoms with Crippen molar-refractivity contribution >= 4 is 40.6 Å². The second kappa shape index (κ2) is 8.77. The summed E-state index contributed by atoms with van der Waals surface area (Å²) in [5.74, 6) is -0.312. The zero-order chi connectivity index (χ0) is 21.8. The number of fused-ring (bicyclic) bond motifs is 1. The fourth-order valence-corrected chi connectivity index (χ4v) is 3.12. The zero-order valence-corrected chi connectivity index (χ0v) is 17.0. The molecule has 0 aliphatic carbocycles. The second-order valence-corrected chi connectivity index (χ2v) is 7.07.